The van der Waals surface area contributed by atoms with Crippen molar-refractivity contribution in [3.05, 3.63) is 0 Å². The van der Waals surface area contributed by atoms with Crippen LogP contribution in [0.25, 0.3) is 0 Å². The number of hydrogen-bond acceptors (Lipinski definition) is 3. The lowest BCUT2D eigenvalue weighted by Gasteiger charge is -2.47. The Bertz CT molecular complexity index is 354. The topological polar surface area (TPSA) is 81.7 Å². The van der Waals surface area contributed by atoms with E-state index in [4.69, 9.17) is 5.11 Å². The number of nitrogens with zero attached hydrogens (tertiary/aromatic N) is 1. The molecule has 0 bridgehead atoms. The Balaban J connectivity index is 2.48. The number of likely N-dealkylation sites (N-methyl/N-ethyl adjacent to an activating group) is 1. The van der Waals surface area contributed by atoms with E-state index in [0.717, 1.165) is 12.8 Å². The van der Waals surface area contributed by atoms with Crippen LogP contribution in [0.4, 0.5) is 4.79 Å². The van der Waals surface area contributed by atoms with Crippen molar-refractivity contribution in [1.82, 2.24) is 15.5 Å². The molecule has 6 nitrogen and oxygen atoms in total. The molecular weight excluding hydrogens is 258 g/mol. The molecule has 0 aromatic heterocycles. The first-order valence-electron chi connectivity index (χ1n) is 7.27. The normalized spacial score (nSPS) is 19.9. The van der Waals surface area contributed by atoms with E-state index in [1.165, 1.54) is 6.42 Å². The summed E-state index contributed by atoms with van der Waals surface area (Å²) in [6.45, 7) is 4.29. The van der Waals surface area contributed by atoms with Crippen LogP contribution in [0.5, 0.6) is 0 Å². The number of aliphatic carboxylic acids is 1. The number of hydrogen-bond donors (Lipinski definition) is 3. The standard InChI is InChI=1S/C14H27N3O3/c1-5-10(2)11(12(18)19)16-13(20)15-9-14(17(3)4)7-6-8-14/h10-11H,5-9H2,1-4H3,(H,18,19)(H2,15,16,20)/t10?,11-/m0/s1. The largest absolute Gasteiger partial charge is 0.480 e. The van der Waals surface area contributed by atoms with Gasteiger partial charge in [0.25, 0.3) is 0 Å². The summed E-state index contributed by atoms with van der Waals surface area (Å²) in [6, 6.07) is -1.23. The maximum Gasteiger partial charge on any atom is 0.326 e. The van der Waals surface area contributed by atoms with Crippen LogP contribution in [0.1, 0.15) is 39.5 Å². The van der Waals surface area contributed by atoms with Gasteiger partial charge in [-0.25, -0.2) is 9.59 Å². The third-order valence-electron chi connectivity index (χ3n) is 4.58. The molecule has 2 amide bonds. The lowest BCUT2D eigenvalue weighted by atomic mass is 9.75. The van der Waals surface area contributed by atoms with E-state index in [0.29, 0.717) is 13.0 Å². The molecule has 0 radical (unpaired) electrons. The van der Waals surface area contributed by atoms with Crippen LogP contribution in [0.15, 0.2) is 0 Å². The predicted molar refractivity (Wildman–Crippen MR) is 77.7 cm³/mol. The van der Waals surface area contributed by atoms with Crippen molar-refractivity contribution >= 4 is 12.0 Å². The molecule has 1 fully saturated rings. The summed E-state index contributed by atoms with van der Waals surface area (Å²) in [5.74, 6) is -1.08. The first kappa shape index (κ1) is 16.8. The SMILES string of the molecule is CCC(C)[C@H](NC(=O)NCC1(N(C)C)CCC1)C(=O)O. The van der Waals surface area contributed by atoms with Gasteiger partial charge in [-0.3, -0.25) is 0 Å². The summed E-state index contributed by atoms with van der Waals surface area (Å²) in [4.78, 5) is 25.2. The zero-order valence-corrected chi connectivity index (χ0v) is 12.9. The van der Waals surface area contributed by atoms with Crippen LogP contribution in [-0.4, -0.2) is 54.2 Å². The van der Waals surface area contributed by atoms with Gasteiger partial charge >= 0.3 is 12.0 Å². The summed E-state index contributed by atoms with van der Waals surface area (Å²) in [7, 11) is 4.02. The number of carbonyl (C=O) groups is 2. The van der Waals surface area contributed by atoms with E-state index in [1.807, 2.05) is 27.9 Å². The molecule has 3 N–H and O–H groups in total. The minimum absolute atomic E-state index is 0.0342. The van der Waals surface area contributed by atoms with Crippen LogP contribution < -0.4 is 10.6 Å². The molecule has 20 heavy (non-hydrogen) atoms. The van der Waals surface area contributed by atoms with Gasteiger partial charge in [-0.1, -0.05) is 20.3 Å². The lowest BCUT2D eigenvalue weighted by Crippen LogP contribution is -2.59. The minimum atomic E-state index is -0.986. The van der Waals surface area contributed by atoms with Crippen LogP contribution in [0, 0.1) is 5.92 Å². The number of carboxylic acid groups (broad SMARTS) is 1. The molecule has 0 spiro atoms. The summed E-state index contributed by atoms with van der Waals surface area (Å²) in [5, 5.41) is 14.5. The van der Waals surface area contributed by atoms with Gasteiger partial charge in [0.05, 0.1) is 0 Å². The van der Waals surface area contributed by atoms with Gasteiger partial charge in [0.15, 0.2) is 0 Å². The molecule has 0 heterocycles. The van der Waals surface area contributed by atoms with E-state index in [-0.39, 0.29) is 11.5 Å². The molecule has 1 aliphatic rings. The molecule has 0 aromatic rings. The van der Waals surface area contributed by atoms with E-state index < -0.39 is 18.0 Å². The number of carboxylic acids is 1. The molecule has 0 saturated heterocycles. The average molecular weight is 285 g/mol. The fourth-order valence-corrected chi connectivity index (χ4v) is 2.49. The average Bonchev–Trinajstić information content (AvgIpc) is 2.32. The highest BCUT2D eigenvalue weighted by Gasteiger charge is 2.39. The van der Waals surface area contributed by atoms with Crippen molar-refractivity contribution in [2.24, 2.45) is 5.92 Å². The molecule has 1 unspecified atom stereocenters. The van der Waals surface area contributed by atoms with Gasteiger partial charge in [0.2, 0.25) is 0 Å². The summed E-state index contributed by atoms with van der Waals surface area (Å²) in [6.07, 6.45) is 4.01. The number of nitrogens with one attached hydrogen (secondary N) is 2. The zero-order valence-electron chi connectivity index (χ0n) is 12.9. The predicted octanol–water partition coefficient (Wildman–Crippen LogP) is 1.27. The fourth-order valence-electron chi connectivity index (χ4n) is 2.49. The van der Waals surface area contributed by atoms with Crippen molar-refractivity contribution in [3.8, 4) is 0 Å². The molecule has 1 saturated carbocycles. The Kier molecular flexibility index (Phi) is 5.80. The Morgan fingerprint density at radius 2 is 1.95 bits per heavy atom. The molecule has 116 valence electrons. The Morgan fingerprint density at radius 1 is 1.35 bits per heavy atom. The second-order valence-corrected chi connectivity index (χ2v) is 6.00. The van der Waals surface area contributed by atoms with E-state index in [1.54, 1.807) is 0 Å². The van der Waals surface area contributed by atoms with Gasteiger partial charge in [-0.2, -0.15) is 0 Å². The molecule has 1 rings (SSSR count). The maximum atomic E-state index is 11.9. The first-order chi connectivity index (χ1) is 9.32. The molecular formula is C14H27N3O3. The highest BCUT2D eigenvalue weighted by atomic mass is 16.4. The smallest absolute Gasteiger partial charge is 0.326 e. The van der Waals surface area contributed by atoms with Crippen LogP contribution in [0.3, 0.4) is 0 Å². The number of urea groups is 1. The van der Waals surface area contributed by atoms with Gasteiger partial charge in [0.1, 0.15) is 6.04 Å². The van der Waals surface area contributed by atoms with Crippen molar-refractivity contribution in [2.45, 2.75) is 51.1 Å². The van der Waals surface area contributed by atoms with Crippen molar-refractivity contribution in [1.29, 1.82) is 0 Å². The molecule has 2 atom stereocenters. The van der Waals surface area contributed by atoms with Gasteiger partial charge in [0, 0.05) is 12.1 Å². The number of amides is 2. The number of rotatable bonds is 7. The third kappa shape index (κ3) is 3.85. The fraction of sp³-hybridized carbons (Fsp3) is 0.857. The minimum Gasteiger partial charge on any atom is -0.480 e. The third-order valence-corrected chi connectivity index (χ3v) is 4.58. The Labute approximate surface area is 120 Å². The van der Waals surface area contributed by atoms with Gasteiger partial charge < -0.3 is 20.6 Å². The lowest BCUT2D eigenvalue weighted by molar-refractivity contribution is -0.140. The quantitative estimate of drug-likeness (QED) is 0.658. The molecule has 1 aliphatic carbocycles. The second kappa shape index (κ2) is 6.92. The molecule has 0 aliphatic heterocycles. The van der Waals surface area contributed by atoms with Crippen molar-refractivity contribution in [2.75, 3.05) is 20.6 Å². The summed E-state index contributed by atoms with van der Waals surface area (Å²) in [5.41, 5.74) is 0.0342. The Hall–Kier alpha value is -1.30. The van der Waals surface area contributed by atoms with E-state index >= 15 is 0 Å². The Morgan fingerprint density at radius 3 is 2.30 bits per heavy atom. The first-order valence-corrected chi connectivity index (χ1v) is 7.27. The summed E-state index contributed by atoms with van der Waals surface area (Å²) >= 11 is 0. The zero-order chi connectivity index (χ0) is 15.3. The van der Waals surface area contributed by atoms with Crippen LogP contribution in [-0.2, 0) is 4.79 Å². The van der Waals surface area contributed by atoms with Gasteiger partial charge in [-0.05, 0) is 39.3 Å². The maximum absolute atomic E-state index is 11.9. The van der Waals surface area contributed by atoms with Crippen LogP contribution >= 0.6 is 0 Å². The molecule has 6 heteroatoms. The number of carbonyl (C=O) groups excluding carboxylic acids is 1. The van der Waals surface area contributed by atoms with Crippen molar-refractivity contribution in [3.63, 3.8) is 0 Å². The van der Waals surface area contributed by atoms with Crippen molar-refractivity contribution < 1.29 is 14.7 Å². The van der Waals surface area contributed by atoms with Crippen LogP contribution in [0.2, 0.25) is 0 Å². The monoisotopic (exact) mass is 285 g/mol. The second-order valence-electron chi connectivity index (χ2n) is 6.00. The van der Waals surface area contributed by atoms with E-state index in [9.17, 15) is 9.59 Å². The highest BCUT2D eigenvalue weighted by Crippen LogP contribution is 2.35. The van der Waals surface area contributed by atoms with E-state index in [2.05, 4.69) is 15.5 Å². The highest BCUT2D eigenvalue weighted by molar-refractivity contribution is 5.82. The van der Waals surface area contributed by atoms with Gasteiger partial charge in [-0.15, -0.1) is 0 Å². The molecule has 0 aromatic carbocycles. The summed E-state index contributed by atoms with van der Waals surface area (Å²) < 4.78 is 0.